The Hall–Kier alpha value is -4.11. The van der Waals surface area contributed by atoms with Crippen LogP contribution in [0.25, 0.3) is 10.4 Å². The summed E-state index contributed by atoms with van der Waals surface area (Å²) in [6, 6.07) is 19.6. The Balaban J connectivity index is 1.37. The number of rotatable bonds is 9. The van der Waals surface area contributed by atoms with Crippen LogP contribution in [0.4, 0.5) is 13.9 Å². The van der Waals surface area contributed by atoms with E-state index in [1.807, 2.05) is 24.3 Å². The van der Waals surface area contributed by atoms with Crippen molar-refractivity contribution in [3.8, 4) is 10.4 Å². The number of aromatic nitrogens is 1. The molecule has 0 fully saturated rings. The van der Waals surface area contributed by atoms with E-state index in [0.29, 0.717) is 17.7 Å². The smallest absolute Gasteiger partial charge is 0.305 e. The third-order valence-corrected chi connectivity index (χ3v) is 7.69. The molecule has 0 radical (unpaired) electrons. The van der Waals surface area contributed by atoms with E-state index in [1.165, 1.54) is 28.5 Å². The van der Waals surface area contributed by atoms with Crippen LogP contribution in [0.2, 0.25) is 0 Å². The second-order valence-electron chi connectivity index (χ2n) is 9.19. The van der Waals surface area contributed by atoms with Gasteiger partial charge in [0.05, 0.1) is 11.3 Å². The van der Waals surface area contributed by atoms with Crippen molar-refractivity contribution in [3.63, 3.8) is 0 Å². The average Bonchev–Trinajstić information content (AvgIpc) is 3.57. The zero-order valence-corrected chi connectivity index (χ0v) is 21.2. The minimum atomic E-state index is -0.968. The predicted octanol–water partition coefficient (Wildman–Crippen LogP) is 5.47. The number of carboxylic acids is 1. The van der Waals surface area contributed by atoms with Gasteiger partial charge in [-0.3, -0.25) is 9.59 Å². The summed E-state index contributed by atoms with van der Waals surface area (Å²) in [7, 11) is 0. The second kappa shape index (κ2) is 11.1. The third-order valence-electron chi connectivity index (χ3n) is 6.61. The van der Waals surface area contributed by atoms with Gasteiger partial charge in [0.25, 0.3) is 5.91 Å². The maximum atomic E-state index is 13.9. The second-order valence-corrected chi connectivity index (χ2v) is 10.2. The van der Waals surface area contributed by atoms with Crippen LogP contribution in [0.3, 0.4) is 0 Å². The van der Waals surface area contributed by atoms with E-state index in [0.717, 1.165) is 34.5 Å². The van der Waals surface area contributed by atoms with Crippen molar-refractivity contribution in [1.82, 2.24) is 10.3 Å². The lowest BCUT2D eigenvalue weighted by molar-refractivity contribution is -0.136. The highest BCUT2D eigenvalue weighted by molar-refractivity contribution is 7.18. The summed E-state index contributed by atoms with van der Waals surface area (Å²) in [5, 5.41) is 12.1. The number of fused-ring (bicyclic) bond motifs is 1. The number of aliphatic carboxylic acids is 1. The zero-order valence-electron chi connectivity index (χ0n) is 20.4. The number of anilines is 1. The molecule has 0 saturated carbocycles. The van der Waals surface area contributed by atoms with Gasteiger partial charge in [0.2, 0.25) is 0 Å². The summed E-state index contributed by atoms with van der Waals surface area (Å²) in [5.41, 5.74) is 4.60. The van der Waals surface area contributed by atoms with E-state index >= 15 is 0 Å². The number of carbonyl (C=O) groups is 2. The van der Waals surface area contributed by atoms with Gasteiger partial charge in [0, 0.05) is 30.9 Å². The summed E-state index contributed by atoms with van der Waals surface area (Å²) in [6.45, 7) is 0.612. The van der Waals surface area contributed by atoms with Crippen molar-refractivity contribution in [2.45, 2.75) is 31.8 Å². The van der Waals surface area contributed by atoms with Crippen molar-refractivity contribution in [3.05, 3.63) is 107 Å². The van der Waals surface area contributed by atoms with Crippen LogP contribution in [0.1, 0.15) is 33.5 Å². The molecule has 194 valence electrons. The number of nitrogens with zero attached hydrogens (tertiary/aromatic N) is 2. The molecule has 1 aliphatic carbocycles. The number of carbonyl (C=O) groups excluding carboxylic acids is 1. The maximum absolute atomic E-state index is 13.9. The van der Waals surface area contributed by atoms with Crippen LogP contribution >= 0.6 is 11.3 Å². The van der Waals surface area contributed by atoms with Gasteiger partial charge in [0.1, 0.15) is 0 Å². The fourth-order valence-corrected chi connectivity index (χ4v) is 5.62. The summed E-state index contributed by atoms with van der Waals surface area (Å²) < 4.78 is 27.3. The number of halogens is 2. The van der Waals surface area contributed by atoms with E-state index in [4.69, 9.17) is 5.11 Å². The van der Waals surface area contributed by atoms with Gasteiger partial charge in [-0.25, -0.2) is 13.8 Å². The standard InChI is InChI=1S/C29H25F2N3O3S/c30-24-10-9-22(15-25(24)31)26-16-33-29(38-26)34(23-13-20-3-1-2-4-21(20)14-23)17-18-5-7-19(8-6-18)28(37)32-12-11-27(35)36/h1-10,15-16,23H,11-14,17H2,(H,32,37)(H,35,36). The molecule has 2 N–H and O–H groups in total. The number of carboxylic acid groups (broad SMARTS) is 1. The molecule has 6 nitrogen and oxygen atoms in total. The highest BCUT2D eigenvalue weighted by atomic mass is 32.1. The first-order valence-electron chi connectivity index (χ1n) is 12.2. The molecule has 1 aromatic heterocycles. The van der Waals surface area contributed by atoms with Gasteiger partial charge in [0.15, 0.2) is 16.8 Å². The molecule has 3 aromatic carbocycles. The van der Waals surface area contributed by atoms with Crippen molar-refractivity contribution < 1.29 is 23.5 Å². The lowest BCUT2D eigenvalue weighted by Gasteiger charge is -2.29. The molecule has 1 heterocycles. The van der Waals surface area contributed by atoms with E-state index in [-0.39, 0.29) is 24.9 Å². The molecule has 0 atom stereocenters. The summed E-state index contributed by atoms with van der Waals surface area (Å²) in [4.78, 5) is 30.6. The Bertz CT molecular complexity index is 1450. The van der Waals surface area contributed by atoms with E-state index in [1.54, 1.807) is 24.4 Å². The molecule has 0 aliphatic heterocycles. The minimum absolute atomic E-state index is 0.0657. The van der Waals surface area contributed by atoms with Gasteiger partial charge in [-0.1, -0.05) is 53.8 Å². The molecule has 0 unspecified atom stereocenters. The quantitative estimate of drug-likeness (QED) is 0.298. The van der Waals surface area contributed by atoms with E-state index in [9.17, 15) is 18.4 Å². The van der Waals surface area contributed by atoms with Crippen molar-refractivity contribution in [2.75, 3.05) is 11.4 Å². The van der Waals surface area contributed by atoms with Crippen molar-refractivity contribution >= 4 is 28.3 Å². The van der Waals surface area contributed by atoms with Gasteiger partial charge in [-0.2, -0.15) is 0 Å². The monoisotopic (exact) mass is 533 g/mol. The summed E-state index contributed by atoms with van der Waals surface area (Å²) in [6.07, 6.45) is 3.27. The van der Waals surface area contributed by atoms with E-state index < -0.39 is 17.6 Å². The average molecular weight is 534 g/mol. The normalized spacial score (nSPS) is 12.8. The van der Waals surface area contributed by atoms with E-state index in [2.05, 4.69) is 27.3 Å². The van der Waals surface area contributed by atoms with Crippen LogP contribution in [-0.2, 0) is 24.2 Å². The van der Waals surface area contributed by atoms with Crippen LogP contribution in [0, 0.1) is 11.6 Å². The van der Waals surface area contributed by atoms with Crippen LogP contribution in [0.15, 0.2) is 72.9 Å². The summed E-state index contributed by atoms with van der Waals surface area (Å²) >= 11 is 1.43. The number of amides is 1. The van der Waals surface area contributed by atoms with Crippen molar-refractivity contribution in [1.29, 1.82) is 0 Å². The molecular formula is C29H25F2N3O3S. The highest BCUT2D eigenvalue weighted by Gasteiger charge is 2.29. The number of hydrogen-bond acceptors (Lipinski definition) is 5. The van der Waals surface area contributed by atoms with Gasteiger partial charge < -0.3 is 15.3 Å². The van der Waals surface area contributed by atoms with Gasteiger partial charge >= 0.3 is 5.97 Å². The predicted molar refractivity (Wildman–Crippen MR) is 142 cm³/mol. The molecule has 1 amide bonds. The topological polar surface area (TPSA) is 82.5 Å². The van der Waals surface area contributed by atoms with Crippen LogP contribution < -0.4 is 10.2 Å². The molecule has 0 saturated heterocycles. The first-order valence-corrected chi connectivity index (χ1v) is 13.0. The molecule has 1 aliphatic rings. The Kier molecular flexibility index (Phi) is 7.46. The highest BCUT2D eigenvalue weighted by Crippen LogP contribution is 2.36. The fourth-order valence-electron chi connectivity index (χ4n) is 4.63. The fraction of sp³-hybridized carbons (Fsp3) is 0.207. The molecule has 4 aromatic rings. The first kappa shape index (κ1) is 25.5. The molecule has 38 heavy (non-hydrogen) atoms. The maximum Gasteiger partial charge on any atom is 0.305 e. The first-order chi connectivity index (χ1) is 18.4. The van der Waals surface area contributed by atoms with Crippen molar-refractivity contribution in [2.24, 2.45) is 0 Å². The Morgan fingerprint density at radius 3 is 2.37 bits per heavy atom. The molecule has 5 rings (SSSR count). The minimum Gasteiger partial charge on any atom is -0.481 e. The van der Waals surface area contributed by atoms with Crippen LogP contribution in [-0.4, -0.2) is 34.6 Å². The number of hydrogen-bond donors (Lipinski definition) is 2. The van der Waals surface area contributed by atoms with Gasteiger partial charge in [-0.15, -0.1) is 0 Å². The summed E-state index contributed by atoms with van der Waals surface area (Å²) in [5.74, 6) is -3.07. The Morgan fingerprint density at radius 2 is 1.71 bits per heavy atom. The zero-order chi connectivity index (χ0) is 26.6. The number of thiazole rings is 1. The molecular weight excluding hydrogens is 508 g/mol. The Labute approximate surface area is 222 Å². The molecule has 0 spiro atoms. The molecule has 0 bridgehead atoms. The SMILES string of the molecule is O=C(O)CCNC(=O)c1ccc(CN(c2ncc(-c3ccc(F)c(F)c3)s2)C2Cc3ccccc3C2)cc1. The lowest BCUT2D eigenvalue weighted by Crippen LogP contribution is -2.35. The van der Waals surface area contributed by atoms with Gasteiger partial charge in [-0.05, 0) is 59.4 Å². The lowest BCUT2D eigenvalue weighted by atomic mass is 10.1. The Morgan fingerprint density at radius 1 is 1.00 bits per heavy atom. The number of benzene rings is 3. The number of nitrogens with one attached hydrogen (secondary N) is 1. The largest absolute Gasteiger partial charge is 0.481 e. The molecule has 9 heteroatoms. The third kappa shape index (κ3) is 5.73. The van der Waals surface area contributed by atoms with Crippen LogP contribution in [0.5, 0.6) is 0 Å².